The molecule has 17 heavy (non-hydrogen) atoms. The first kappa shape index (κ1) is 12.6. The van der Waals surface area contributed by atoms with Crippen LogP contribution in [-0.4, -0.2) is 6.04 Å². The Labute approximate surface area is 105 Å². The van der Waals surface area contributed by atoms with E-state index in [2.05, 4.69) is 51.1 Å². The number of nitrogens with two attached hydrogens (primary N) is 1. The van der Waals surface area contributed by atoms with Gasteiger partial charge >= 0.3 is 0 Å². The lowest BCUT2D eigenvalue weighted by molar-refractivity contribution is 0.158. The average Bonchev–Trinajstić information content (AvgIpc) is 2.33. The van der Waals surface area contributed by atoms with Gasteiger partial charge in [0.15, 0.2) is 0 Å². The van der Waals surface area contributed by atoms with Crippen molar-refractivity contribution in [2.24, 2.45) is 17.6 Å². The van der Waals surface area contributed by atoms with Crippen LogP contribution in [0.25, 0.3) is 0 Å². The van der Waals surface area contributed by atoms with Gasteiger partial charge in [-0.2, -0.15) is 0 Å². The summed E-state index contributed by atoms with van der Waals surface area (Å²) in [6, 6.07) is 11.2. The molecule has 1 saturated carbocycles. The van der Waals surface area contributed by atoms with E-state index >= 15 is 0 Å². The second kappa shape index (κ2) is 4.81. The molecule has 3 atom stereocenters. The fourth-order valence-corrected chi connectivity index (χ4v) is 3.36. The monoisotopic (exact) mass is 231 g/mol. The topological polar surface area (TPSA) is 26.0 Å². The zero-order chi connectivity index (χ0) is 12.5. The fraction of sp³-hybridized carbons (Fsp3) is 0.625. The SMILES string of the molecule is CC1CCCC(C(C)(C)c2ccccc2)C1N. The van der Waals surface area contributed by atoms with Crippen LogP contribution in [0.2, 0.25) is 0 Å². The summed E-state index contributed by atoms with van der Waals surface area (Å²) in [4.78, 5) is 0. The van der Waals surface area contributed by atoms with E-state index < -0.39 is 0 Å². The van der Waals surface area contributed by atoms with Crippen molar-refractivity contribution in [2.75, 3.05) is 0 Å². The second-order valence-corrected chi connectivity index (χ2v) is 6.18. The minimum absolute atomic E-state index is 0.190. The minimum Gasteiger partial charge on any atom is -0.327 e. The van der Waals surface area contributed by atoms with Crippen LogP contribution >= 0.6 is 0 Å². The lowest BCUT2D eigenvalue weighted by Gasteiger charge is -2.44. The summed E-state index contributed by atoms with van der Waals surface area (Å²) in [5.74, 6) is 1.27. The van der Waals surface area contributed by atoms with Gasteiger partial charge in [0.25, 0.3) is 0 Å². The van der Waals surface area contributed by atoms with E-state index in [1.54, 1.807) is 0 Å². The molecule has 2 rings (SSSR count). The molecular weight excluding hydrogens is 206 g/mol. The summed E-state index contributed by atoms with van der Waals surface area (Å²) in [5, 5.41) is 0. The van der Waals surface area contributed by atoms with E-state index in [9.17, 15) is 0 Å². The van der Waals surface area contributed by atoms with Crippen molar-refractivity contribution in [1.82, 2.24) is 0 Å². The predicted octanol–water partition coefficient (Wildman–Crippen LogP) is 3.73. The molecule has 3 unspecified atom stereocenters. The van der Waals surface area contributed by atoms with Crippen LogP contribution < -0.4 is 5.73 Å². The molecule has 0 spiro atoms. The molecule has 1 aromatic carbocycles. The van der Waals surface area contributed by atoms with Crippen LogP contribution in [0.3, 0.4) is 0 Å². The van der Waals surface area contributed by atoms with Gasteiger partial charge in [0.2, 0.25) is 0 Å². The summed E-state index contributed by atoms with van der Waals surface area (Å²) in [6.45, 7) is 7.01. The molecule has 0 heterocycles. The molecule has 1 aliphatic rings. The summed E-state index contributed by atoms with van der Waals surface area (Å²) in [6.07, 6.45) is 3.89. The standard InChI is InChI=1S/C16H25N/c1-12-8-7-11-14(15(12)17)16(2,3)13-9-5-4-6-10-13/h4-6,9-10,12,14-15H,7-8,11,17H2,1-3H3. The maximum absolute atomic E-state index is 6.45. The number of hydrogen-bond acceptors (Lipinski definition) is 1. The van der Waals surface area contributed by atoms with E-state index in [0.717, 1.165) is 0 Å². The molecule has 1 aromatic rings. The predicted molar refractivity (Wildman–Crippen MR) is 73.9 cm³/mol. The van der Waals surface area contributed by atoms with Gasteiger partial charge in [-0.15, -0.1) is 0 Å². The molecule has 0 saturated heterocycles. The maximum atomic E-state index is 6.45. The van der Waals surface area contributed by atoms with Crippen molar-refractivity contribution >= 4 is 0 Å². The highest BCUT2D eigenvalue weighted by Crippen LogP contribution is 2.41. The minimum atomic E-state index is 0.190. The molecule has 1 aliphatic carbocycles. The first-order valence-electron chi connectivity index (χ1n) is 6.84. The van der Waals surface area contributed by atoms with Crippen molar-refractivity contribution in [2.45, 2.75) is 51.5 Å². The zero-order valence-electron chi connectivity index (χ0n) is 11.3. The Kier molecular flexibility index (Phi) is 3.58. The second-order valence-electron chi connectivity index (χ2n) is 6.18. The van der Waals surface area contributed by atoms with Gasteiger partial charge in [0.05, 0.1) is 0 Å². The molecule has 1 heteroatoms. The molecule has 94 valence electrons. The van der Waals surface area contributed by atoms with Crippen LogP contribution in [0.15, 0.2) is 30.3 Å². The van der Waals surface area contributed by atoms with Crippen LogP contribution in [0.1, 0.15) is 45.6 Å². The number of rotatable bonds is 2. The molecule has 1 nitrogen and oxygen atoms in total. The summed E-state index contributed by atoms with van der Waals surface area (Å²) in [7, 11) is 0. The Bertz CT molecular complexity index is 355. The smallest absolute Gasteiger partial charge is 0.0101 e. The Morgan fingerprint density at radius 3 is 2.41 bits per heavy atom. The molecule has 0 radical (unpaired) electrons. The van der Waals surface area contributed by atoms with Crippen molar-refractivity contribution in [3.05, 3.63) is 35.9 Å². The highest BCUT2D eigenvalue weighted by molar-refractivity contribution is 5.25. The highest BCUT2D eigenvalue weighted by atomic mass is 14.7. The third-order valence-corrected chi connectivity index (χ3v) is 4.74. The lowest BCUT2D eigenvalue weighted by atomic mass is 9.63. The quantitative estimate of drug-likeness (QED) is 0.824. The van der Waals surface area contributed by atoms with Crippen LogP contribution in [0.5, 0.6) is 0 Å². The fourth-order valence-electron chi connectivity index (χ4n) is 3.36. The summed E-state index contributed by atoms with van der Waals surface area (Å²) >= 11 is 0. The summed E-state index contributed by atoms with van der Waals surface area (Å²) in [5.41, 5.74) is 8.06. The molecule has 0 aromatic heterocycles. The highest BCUT2D eigenvalue weighted by Gasteiger charge is 2.39. The van der Waals surface area contributed by atoms with Gasteiger partial charge in [-0.25, -0.2) is 0 Å². The van der Waals surface area contributed by atoms with E-state index in [4.69, 9.17) is 5.73 Å². The number of benzene rings is 1. The van der Waals surface area contributed by atoms with Crippen molar-refractivity contribution in [3.63, 3.8) is 0 Å². The third-order valence-electron chi connectivity index (χ3n) is 4.74. The largest absolute Gasteiger partial charge is 0.327 e. The normalized spacial score (nSPS) is 30.2. The van der Waals surface area contributed by atoms with Crippen LogP contribution in [-0.2, 0) is 5.41 Å². The zero-order valence-corrected chi connectivity index (χ0v) is 11.3. The average molecular weight is 231 g/mol. The molecule has 0 amide bonds. The maximum Gasteiger partial charge on any atom is 0.0101 e. The Morgan fingerprint density at radius 1 is 1.12 bits per heavy atom. The van der Waals surface area contributed by atoms with Crippen LogP contribution in [0, 0.1) is 11.8 Å². The van der Waals surface area contributed by atoms with Gasteiger partial charge in [0.1, 0.15) is 0 Å². The lowest BCUT2D eigenvalue weighted by Crippen LogP contribution is -2.48. The van der Waals surface area contributed by atoms with Gasteiger partial charge in [-0.3, -0.25) is 0 Å². The Hall–Kier alpha value is -0.820. The Morgan fingerprint density at radius 2 is 1.76 bits per heavy atom. The molecular formula is C16H25N. The number of hydrogen-bond donors (Lipinski definition) is 1. The first-order chi connectivity index (χ1) is 8.03. The van der Waals surface area contributed by atoms with Crippen LogP contribution in [0.4, 0.5) is 0 Å². The van der Waals surface area contributed by atoms with Gasteiger partial charge in [0, 0.05) is 6.04 Å². The van der Waals surface area contributed by atoms with E-state index in [1.165, 1.54) is 24.8 Å². The van der Waals surface area contributed by atoms with Gasteiger partial charge < -0.3 is 5.73 Å². The summed E-state index contributed by atoms with van der Waals surface area (Å²) < 4.78 is 0. The van der Waals surface area contributed by atoms with E-state index in [1.807, 2.05) is 0 Å². The first-order valence-corrected chi connectivity index (χ1v) is 6.84. The molecule has 1 fully saturated rings. The van der Waals surface area contributed by atoms with Gasteiger partial charge in [-0.1, -0.05) is 57.5 Å². The molecule has 0 aliphatic heterocycles. The Balaban J connectivity index is 2.25. The van der Waals surface area contributed by atoms with Crippen molar-refractivity contribution in [1.29, 1.82) is 0 Å². The molecule has 2 N–H and O–H groups in total. The van der Waals surface area contributed by atoms with Crippen molar-refractivity contribution < 1.29 is 0 Å². The van der Waals surface area contributed by atoms with E-state index in [0.29, 0.717) is 17.9 Å². The molecule has 0 bridgehead atoms. The van der Waals surface area contributed by atoms with E-state index in [-0.39, 0.29) is 5.41 Å². The van der Waals surface area contributed by atoms with Gasteiger partial charge in [-0.05, 0) is 35.7 Å². The third kappa shape index (κ3) is 2.40. The van der Waals surface area contributed by atoms with Crippen molar-refractivity contribution in [3.8, 4) is 0 Å².